The highest BCUT2D eigenvalue weighted by atomic mass is 19.2. The molecule has 2 nitrogen and oxygen atoms in total. The monoisotopic (exact) mass is 332 g/mol. The number of carbonyl (C=O) groups is 1. The lowest BCUT2D eigenvalue weighted by Crippen LogP contribution is -2.24. The normalized spacial score (nSPS) is 20.2. The first-order chi connectivity index (χ1) is 11.4. The lowest BCUT2D eigenvalue weighted by atomic mass is 9.88. The smallest absolute Gasteiger partial charge is 0.338 e. The minimum absolute atomic E-state index is 0.294. The van der Waals surface area contributed by atoms with Crippen LogP contribution in [0.15, 0.2) is 54.1 Å². The Morgan fingerprint density at radius 3 is 2.42 bits per heavy atom. The predicted molar refractivity (Wildman–Crippen MR) is 92.3 cm³/mol. The summed E-state index contributed by atoms with van der Waals surface area (Å²) in [6.07, 6.45) is 2.43. The summed E-state index contributed by atoms with van der Waals surface area (Å²) in [5, 5.41) is 0. The number of unbranched alkanes of at least 4 members (excludes halogenated alkanes) is 1. The second-order valence-electron chi connectivity index (χ2n) is 5.96. The average Bonchev–Trinajstić information content (AvgIpc) is 2.57. The number of esters is 1. The Bertz CT molecular complexity index is 671. The van der Waals surface area contributed by atoms with Gasteiger partial charge in [-0.2, -0.15) is 0 Å². The van der Waals surface area contributed by atoms with Crippen LogP contribution in [-0.2, 0) is 4.79 Å². The Hall–Kier alpha value is -2.23. The van der Waals surface area contributed by atoms with Gasteiger partial charge in [0.25, 0.3) is 0 Å². The molecule has 1 aromatic rings. The molecule has 0 saturated carbocycles. The number of alkyl halides is 2. The van der Waals surface area contributed by atoms with Gasteiger partial charge in [-0.15, -0.1) is 0 Å². The fourth-order valence-corrected chi connectivity index (χ4v) is 2.49. The summed E-state index contributed by atoms with van der Waals surface area (Å²) in [5.74, 6) is -0.176. The van der Waals surface area contributed by atoms with Crippen molar-refractivity contribution >= 4 is 11.5 Å². The molecule has 1 aliphatic carbocycles. The number of hydrogen-bond donors (Lipinski definition) is 0. The van der Waals surface area contributed by atoms with Crippen molar-refractivity contribution in [2.75, 3.05) is 0 Å². The summed E-state index contributed by atoms with van der Waals surface area (Å²) in [6, 6.07) is 6.37. The van der Waals surface area contributed by atoms with Gasteiger partial charge in [-0.1, -0.05) is 44.2 Å². The Balaban J connectivity index is 2.16. The van der Waals surface area contributed by atoms with Crippen molar-refractivity contribution in [3.63, 3.8) is 0 Å². The van der Waals surface area contributed by atoms with Gasteiger partial charge >= 0.3 is 5.97 Å². The van der Waals surface area contributed by atoms with Crippen LogP contribution in [0.3, 0.4) is 0 Å². The van der Waals surface area contributed by atoms with Crippen molar-refractivity contribution < 1.29 is 18.3 Å². The van der Waals surface area contributed by atoms with Crippen LogP contribution in [0.5, 0.6) is 5.75 Å². The van der Waals surface area contributed by atoms with E-state index < -0.39 is 18.3 Å². The Morgan fingerprint density at radius 1 is 1.17 bits per heavy atom. The van der Waals surface area contributed by atoms with Crippen LogP contribution in [0.25, 0.3) is 5.57 Å². The fraction of sp³-hybridized carbons (Fsp3) is 0.350. The Morgan fingerprint density at radius 2 is 1.83 bits per heavy atom. The van der Waals surface area contributed by atoms with Crippen LogP contribution in [0.1, 0.15) is 38.7 Å². The zero-order valence-corrected chi connectivity index (χ0v) is 14.0. The van der Waals surface area contributed by atoms with Crippen molar-refractivity contribution in [2.45, 2.75) is 45.5 Å². The van der Waals surface area contributed by atoms with Crippen LogP contribution < -0.4 is 4.74 Å². The molecule has 1 aromatic carbocycles. The van der Waals surface area contributed by atoms with Crippen LogP contribution in [-0.4, -0.2) is 18.3 Å². The zero-order valence-electron chi connectivity index (χ0n) is 14.0. The molecule has 1 aliphatic rings. The maximum absolute atomic E-state index is 14.4. The summed E-state index contributed by atoms with van der Waals surface area (Å²) in [4.78, 5) is 11.5. The van der Waals surface area contributed by atoms with Gasteiger partial charge in [-0.3, -0.25) is 0 Å². The second kappa shape index (κ2) is 8.04. The van der Waals surface area contributed by atoms with E-state index in [0.717, 1.165) is 12.8 Å². The number of ether oxygens (including phenoxy) is 1. The van der Waals surface area contributed by atoms with Crippen molar-refractivity contribution in [3.05, 3.63) is 59.7 Å². The molecular formula is C20H22F2O2. The highest BCUT2D eigenvalue weighted by Crippen LogP contribution is 2.34. The van der Waals surface area contributed by atoms with E-state index in [-0.39, 0.29) is 0 Å². The molecule has 4 heteroatoms. The summed E-state index contributed by atoms with van der Waals surface area (Å²) in [6.45, 7) is 7.08. The minimum Gasteiger partial charge on any atom is -0.423 e. The molecule has 0 spiro atoms. The van der Waals surface area contributed by atoms with Gasteiger partial charge in [-0.25, -0.2) is 13.6 Å². The first-order valence-corrected chi connectivity index (χ1v) is 8.11. The van der Waals surface area contributed by atoms with Crippen LogP contribution >= 0.6 is 0 Å². The van der Waals surface area contributed by atoms with E-state index in [0.29, 0.717) is 34.5 Å². The van der Waals surface area contributed by atoms with Gasteiger partial charge in [0.15, 0.2) is 12.3 Å². The topological polar surface area (TPSA) is 26.3 Å². The SMILES string of the molecule is C=C(C)C(=O)Oc1ccc(C2=CC=C(CCCC)C(F)C2F)cc1. The van der Waals surface area contributed by atoms with Gasteiger partial charge in [0.1, 0.15) is 5.75 Å². The number of halogens is 2. The molecule has 128 valence electrons. The summed E-state index contributed by atoms with van der Waals surface area (Å²) < 4.78 is 33.8. The minimum atomic E-state index is -1.68. The molecule has 2 unspecified atom stereocenters. The van der Waals surface area contributed by atoms with E-state index in [1.165, 1.54) is 0 Å². The number of benzene rings is 1. The number of hydrogen-bond acceptors (Lipinski definition) is 2. The van der Waals surface area contributed by atoms with Gasteiger partial charge in [0, 0.05) is 5.57 Å². The summed E-state index contributed by atoms with van der Waals surface area (Å²) in [7, 11) is 0. The van der Waals surface area contributed by atoms with Crippen molar-refractivity contribution in [3.8, 4) is 5.75 Å². The standard InChI is InChI=1S/C20H22F2O2/c1-4-5-6-15-9-12-17(19(22)18(15)21)14-7-10-16(11-8-14)24-20(23)13(2)3/h7-12,18-19H,2,4-6H2,1,3H3. The molecule has 0 aliphatic heterocycles. The van der Waals surface area contributed by atoms with E-state index in [2.05, 4.69) is 6.58 Å². The predicted octanol–water partition coefficient (Wildman–Crippen LogP) is 5.36. The molecule has 0 heterocycles. The van der Waals surface area contributed by atoms with Crippen LogP contribution in [0.2, 0.25) is 0 Å². The molecule has 2 rings (SSSR count). The van der Waals surface area contributed by atoms with E-state index in [1.807, 2.05) is 6.92 Å². The molecule has 24 heavy (non-hydrogen) atoms. The molecule has 0 saturated heterocycles. The van der Waals surface area contributed by atoms with Crippen LogP contribution in [0, 0.1) is 0 Å². The second-order valence-corrected chi connectivity index (χ2v) is 5.96. The quantitative estimate of drug-likeness (QED) is 0.398. The van der Waals surface area contributed by atoms with Crippen LogP contribution in [0.4, 0.5) is 8.78 Å². The van der Waals surface area contributed by atoms with E-state index in [4.69, 9.17) is 4.74 Å². The Labute approximate surface area is 141 Å². The molecule has 0 amide bonds. The maximum Gasteiger partial charge on any atom is 0.338 e. The van der Waals surface area contributed by atoms with Gasteiger partial charge in [0.2, 0.25) is 0 Å². The highest BCUT2D eigenvalue weighted by Gasteiger charge is 2.30. The van der Waals surface area contributed by atoms with E-state index in [1.54, 1.807) is 43.3 Å². The van der Waals surface area contributed by atoms with Gasteiger partial charge in [0.05, 0.1) is 0 Å². The molecule has 0 fully saturated rings. The number of rotatable bonds is 6. The van der Waals surface area contributed by atoms with E-state index in [9.17, 15) is 13.6 Å². The molecule has 0 radical (unpaired) electrons. The van der Waals surface area contributed by atoms with Gasteiger partial charge < -0.3 is 4.74 Å². The van der Waals surface area contributed by atoms with Crippen molar-refractivity contribution in [2.24, 2.45) is 0 Å². The van der Waals surface area contributed by atoms with E-state index >= 15 is 0 Å². The lowest BCUT2D eigenvalue weighted by molar-refractivity contribution is -0.130. The zero-order chi connectivity index (χ0) is 17.7. The van der Waals surface area contributed by atoms with Crippen molar-refractivity contribution in [1.82, 2.24) is 0 Å². The summed E-state index contributed by atoms with van der Waals surface area (Å²) in [5.41, 5.74) is 1.69. The molecule has 0 aromatic heterocycles. The average molecular weight is 332 g/mol. The van der Waals surface area contributed by atoms with Crippen molar-refractivity contribution in [1.29, 1.82) is 0 Å². The summed E-state index contributed by atoms with van der Waals surface area (Å²) >= 11 is 0. The highest BCUT2D eigenvalue weighted by molar-refractivity contribution is 5.88. The molecule has 0 N–H and O–H groups in total. The number of allylic oxidation sites excluding steroid dienone is 4. The number of carbonyl (C=O) groups excluding carboxylic acids is 1. The third-order valence-electron chi connectivity index (χ3n) is 3.95. The molecule has 0 bridgehead atoms. The largest absolute Gasteiger partial charge is 0.423 e. The Kier molecular flexibility index (Phi) is 6.07. The fourth-order valence-electron chi connectivity index (χ4n) is 2.49. The maximum atomic E-state index is 14.4. The first kappa shape index (κ1) is 18.1. The van der Waals surface area contributed by atoms with Gasteiger partial charge in [-0.05, 0) is 48.6 Å². The molecular weight excluding hydrogens is 310 g/mol. The first-order valence-electron chi connectivity index (χ1n) is 8.11. The molecule has 2 atom stereocenters. The third-order valence-corrected chi connectivity index (χ3v) is 3.95. The third kappa shape index (κ3) is 4.19. The lowest BCUT2D eigenvalue weighted by Gasteiger charge is -2.23.